The number of aromatic nitrogens is 2. The molecule has 0 aliphatic heterocycles. The summed E-state index contributed by atoms with van der Waals surface area (Å²) in [5.74, 6) is -0.358. The fourth-order valence-electron chi connectivity index (χ4n) is 2.25. The van der Waals surface area contributed by atoms with Crippen molar-refractivity contribution in [2.45, 2.75) is 0 Å². The van der Waals surface area contributed by atoms with E-state index in [1.165, 1.54) is 12.1 Å². The molecule has 3 aromatic rings. The third kappa shape index (κ3) is 2.41. The van der Waals surface area contributed by atoms with Gasteiger partial charge in [-0.05, 0) is 17.7 Å². The topological polar surface area (TPSA) is 34.9 Å². The van der Waals surface area contributed by atoms with Crippen molar-refractivity contribution >= 4 is 34.1 Å². The van der Waals surface area contributed by atoms with Crippen molar-refractivity contribution in [3.8, 4) is 11.1 Å². The van der Waals surface area contributed by atoms with Crippen molar-refractivity contribution in [1.29, 1.82) is 0 Å². The Bertz CT molecular complexity index is 904. The Hall–Kier alpha value is -1.91. The second kappa shape index (κ2) is 5.13. The molecule has 0 radical (unpaired) electrons. The van der Waals surface area contributed by atoms with E-state index in [4.69, 9.17) is 23.2 Å². The van der Waals surface area contributed by atoms with Gasteiger partial charge in [-0.25, -0.2) is 9.37 Å². The molecule has 0 atom stereocenters. The fourth-order valence-corrected chi connectivity index (χ4v) is 2.76. The number of nitrogens with zero attached hydrogens (tertiary/aromatic N) is 2. The molecule has 0 aliphatic rings. The highest BCUT2D eigenvalue weighted by atomic mass is 35.5. The first kappa shape index (κ1) is 14.0. The van der Waals surface area contributed by atoms with E-state index < -0.39 is 0 Å². The first-order chi connectivity index (χ1) is 9.97. The summed E-state index contributed by atoms with van der Waals surface area (Å²) in [4.78, 5) is 16.5. The molecule has 21 heavy (non-hydrogen) atoms. The van der Waals surface area contributed by atoms with Crippen LogP contribution in [-0.2, 0) is 7.05 Å². The first-order valence-electron chi connectivity index (χ1n) is 6.08. The normalized spacial score (nSPS) is 11.0. The molecule has 2 aromatic heterocycles. The zero-order valence-corrected chi connectivity index (χ0v) is 12.4. The number of fused-ring (bicyclic) bond motifs is 1. The van der Waals surface area contributed by atoms with Crippen LogP contribution in [0.4, 0.5) is 4.39 Å². The van der Waals surface area contributed by atoms with Gasteiger partial charge < -0.3 is 4.57 Å². The Kier molecular flexibility index (Phi) is 3.43. The van der Waals surface area contributed by atoms with Crippen LogP contribution >= 0.6 is 23.2 Å². The summed E-state index contributed by atoms with van der Waals surface area (Å²) in [6.07, 6.45) is 1.67. The molecule has 1 aromatic carbocycles. The molecule has 0 fully saturated rings. The number of hydrogen-bond acceptors (Lipinski definition) is 2. The zero-order valence-electron chi connectivity index (χ0n) is 10.9. The van der Waals surface area contributed by atoms with Crippen molar-refractivity contribution in [3.05, 3.63) is 62.9 Å². The summed E-state index contributed by atoms with van der Waals surface area (Å²) in [6, 6.07) is 7.30. The van der Waals surface area contributed by atoms with E-state index in [1.807, 2.05) is 0 Å². The molecular weight excluding hydrogens is 314 g/mol. The van der Waals surface area contributed by atoms with Gasteiger partial charge in [-0.3, -0.25) is 4.79 Å². The molecule has 3 rings (SSSR count). The molecule has 2 heterocycles. The Morgan fingerprint density at radius 2 is 1.86 bits per heavy atom. The lowest BCUT2D eigenvalue weighted by atomic mass is 10.1. The Balaban J connectivity index is 2.39. The molecule has 6 heteroatoms. The first-order valence-corrected chi connectivity index (χ1v) is 6.84. The van der Waals surface area contributed by atoms with E-state index in [9.17, 15) is 9.18 Å². The summed E-state index contributed by atoms with van der Waals surface area (Å²) in [5, 5.41) is 0.574. The van der Waals surface area contributed by atoms with Crippen molar-refractivity contribution in [3.63, 3.8) is 0 Å². The molecule has 0 bridgehead atoms. The van der Waals surface area contributed by atoms with E-state index >= 15 is 0 Å². The smallest absolute Gasteiger partial charge is 0.200 e. The molecule has 0 aliphatic carbocycles. The fraction of sp³-hybridized carbons (Fsp3) is 0.0667. The second-order valence-electron chi connectivity index (χ2n) is 4.62. The Morgan fingerprint density at radius 3 is 2.52 bits per heavy atom. The molecule has 0 N–H and O–H groups in total. The maximum Gasteiger partial charge on any atom is 0.200 e. The minimum absolute atomic E-state index is 0.0575. The van der Waals surface area contributed by atoms with Gasteiger partial charge in [0, 0.05) is 24.9 Å². The number of hydrogen-bond donors (Lipinski definition) is 0. The van der Waals surface area contributed by atoms with Crippen molar-refractivity contribution in [2.24, 2.45) is 7.05 Å². The van der Waals surface area contributed by atoms with Crippen LogP contribution in [0.2, 0.25) is 10.3 Å². The molecule has 0 unspecified atom stereocenters. The summed E-state index contributed by atoms with van der Waals surface area (Å²) in [6.45, 7) is 0. The average molecular weight is 323 g/mol. The zero-order chi connectivity index (χ0) is 15.1. The van der Waals surface area contributed by atoms with E-state index in [0.29, 0.717) is 22.0 Å². The van der Waals surface area contributed by atoms with Crippen molar-refractivity contribution in [2.75, 3.05) is 0 Å². The Labute approximate surface area is 129 Å². The quantitative estimate of drug-likeness (QED) is 0.633. The average Bonchev–Trinajstić information content (AvgIpc) is 2.43. The minimum Gasteiger partial charge on any atom is -0.350 e. The van der Waals surface area contributed by atoms with Gasteiger partial charge in [-0.15, -0.1) is 0 Å². The van der Waals surface area contributed by atoms with E-state index in [1.54, 1.807) is 36.0 Å². The third-order valence-electron chi connectivity index (χ3n) is 3.25. The summed E-state index contributed by atoms with van der Waals surface area (Å²) >= 11 is 11.9. The highest BCUT2D eigenvalue weighted by Gasteiger charge is 2.14. The van der Waals surface area contributed by atoms with Gasteiger partial charge in [0.15, 0.2) is 5.43 Å². The van der Waals surface area contributed by atoms with Crippen LogP contribution in [0.15, 0.2) is 41.3 Å². The standard InChI is InChI=1S/C15H9Cl2FN2O/c1-20-7-10(8-2-4-9(18)5-3-8)14(21)13-11(20)6-12(16)19-15(13)17/h2-7H,1H3. The van der Waals surface area contributed by atoms with Crippen LogP contribution in [0.3, 0.4) is 0 Å². The van der Waals surface area contributed by atoms with Gasteiger partial charge in [0.1, 0.15) is 16.1 Å². The minimum atomic E-state index is -0.358. The lowest BCUT2D eigenvalue weighted by Gasteiger charge is -2.10. The van der Waals surface area contributed by atoms with Crippen LogP contribution in [-0.4, -0.2) is 9.55 Å². The molecule has 0 amide bonds. The molecule has 106 valence electrons. The molecular formula is C15H9Cl2FN2O. The van der Waals surface area contributed by atoms with Gasteiger partial charge in [0.25, 0.3) is 0 Å². The van der Waals surface area contributed by atoms with Crippen LogP contribution < -0.4 is 5.43 Å². The van der Waals surface area contributed by atoms with Gasteiger partial charge in [-0.1, -0.05) is 35.3 Å². The van der Waals surface area contributed by atoms with Gasteiger partial charge in [0.05, 0.1) is 10.9 Å². The highest BCUT2D eigenvalue weighted by molar-refractivity contribution is 6.36. The van der Waals surface area contributed by atoms with Crippen molar-refractivity contribution in [1.82, 2.24) is 9.55 Å². The maximum atomic E-state index is 13.0. The highest BCUT2D eigenvalue weighted by Crippen LogP contribution is 2.25. The van der Waals surface area contributed by atoms with E-state index in [0.717, 1.165) is 0 Å². The monoisotopic (exact) mass is 322 g/mol. The SMILES string of the molecule is Cn1cc(-c2ccc(F)cc2)c(=O)c2c(Cl)nc(Cl)cc21. The number of halogens is 3. The maximum absolute atomic E-state index is 13.0. The van der Waals surface area contributed by atoms with Gasteiger partial charge in [-0.2, -0.15) is 0 Å². The predicted octanol–water partition coefficient (Wildman–Crippen LogP) is 4.05. The largest absolute Gasteiger partial charge is 0.350 e. The van der Waals surface area contributed by atoms with Gasteiger partial charge >= 0.3 is 0 Å². The second-order valence-corrected chi connectivity index (χ2v) is 5.36. The summed E-state index contributed by atoms with van der Waals surface area (Å²) in [7, 11) is 1.78. The number of benzene rings is 1. The molecule has 0 saturated carbocycles. The lowest BCUT2D eigenvalue weighted by molar-refractivity contribution is 0.628. The molecule has 0 spiro atoms. The van der Waals surface area contributed by atoms with Crippen LogP contribution in [0.5, 0.6) is 0 Å². The lowest BCUT2D eigenvalue weighted by Crippen LogP contribution is -2.11. The summed E-state index contributed by atoms with van der Waals surface area (Å²) in [5.41, 5.74) is 1.38. The van der Waals surface area contributed by atoms with Crippen LogP contribution in [0, 0.1) is 5.82 Å². The van der Waals surface area contributed by atoms with Gasteiger partial charge in [0.2, 0.25) is 0 Å². The Morgan fingerprint density at radius 1 is 1.19 bits per heavy atom. The van der Waals surface area contributed by atoms with Crippen LogP contribution in [0.1, 0.15) is 0 Å². The predicted molar refractivity (Wildman–Crippen MR) is 82.4 cm³/mol. The van der Waals surface area contributed by atoms with Crippen molar-refractivity contribution < 1.29 is 4.39 Å². The number of pyridine rings is 2. The number of rotatable bonds is 1. The van der Waals surface area contributed by atoms with Crippen LogP contribution in [0.25, 0.3) is 22.0 Å². The number of aryl methyl sites for hydroxylation is 1. The third-order valence-corrected chi connectivity index (χ3v) is 3.72. The molecule has 3 nitrogen and oxygen atoms in total. The van der Waals surface area contributed by atoms with E-state index in [-0.39, 0.29) is 21.6 Å². The molecule has 0 saturated heterocycles. The summed E-state index contributed by atoms with van der Waals surface area (Å²) < 4.78 is 14.8. The van der Waals surface area contributed by atoms with E-state index in [2.05, 4.69) is 4.98 Å².